The third-order valence-electron chi connectivity index (χ3n) is 4.11. The lowest BCUT2D eigenvalue weighted by Crippen LogP contribution is -2.16. The molecule has 10 heteroatoms. The van der Waals surface area contributed by atoms with Crippen molar-refractivity contribution in [1.82, 2.24) is 20.2 Å². The largest absolute Gasteiger partial charge is 0.337 e. The van der Waals surface area contributed by atoms with Crippen LogP contribution in [0.5, 0.6) is 0 Å². The lowest BCUT2D eigenvalue weighted by molar-refractivity contribution is 0.101. The SMILES string of the molecule is O=C(Nc1cn[nH]c1-c1ncc(-c2ccc(F)cc2F)[nH]1)c1c(F)cccc1F. The lowest BCUT2D eigenvalue weighted by atomic mass is 10.1. The molecular weight excluding hydrogens is 390 g/mol. The highest BCUT2D eigenvalue weighted by molar-refractivity contribution is 6.06. The number of carbonyl (C=O) groups is 1. The van der Waals surface area contributed by atoms with E-state index in [1.807, 2.05) is 0 Å². The molecule has 3 N–H and O–H groups in total. The smallest absolute Gasteiger partial charge is 0.261 e. The Balaban J connectivity index is 1.64. The van der Waals surface area contributed by atoms with Gasteiger partial charge in [-0.15, -0.1) is 0 Å². The van der Waals surface area contributed by atoms with Crippen LogP contribution in [0.2, 0.25) is 0 Å². The molecule has 2 aromatic heterocycles. The zero-order valence-electron chi connectivity index (χ0n) is 14.4. The molecule has 0 saturated heterocycles. The number of hydrogen-bond acceptors (Lipinski definition) is 3. The van der Waals surface area contributed by atoms with E-state index in [4.69, 9.17) is 0 Å². The number of H-pyrrole nitrogens is 2. The fourth-order valence-corrected chi connectivity index (χ4v) is 2.75. The summed E-state index contributed by atoms with van der Waals surface area (Å²) < 4.78 is 54.7. The van der Waals surface area contributed by atoms with Crippen LogP contribution in [-0.4, -0.2) is 26.1 Å². The Hall–Kier alpha value is -3.95. The summed E-state index contributed by atoms with van der Waals surface area (Å²) in [6, 6.07) is 6.15. The van der Waals surface area contributed by atoms with Crippen molar-refractivity contribution in [2.24, 2.45) is 0 Å². The number of benzene rings is 2. The zero-order valence-corrected chi connectivity index (χ0v) is 14.4. The van der Waals surface area contributed by atoms with E-state index in [9.17, 15) is 22.4 Å². The van der Waals surface area contributed by atoms with Gasteiger partial charge in [0.1, 0.15) is 34.5 Å². The van der Waals surface area contributed by atoms with Crippen molar-refractivity contribution < 1.29 is 22.4 Å². The van der Waals surface area contributed by atoms with Crippen LogP contribution in [0, 0.1) is 23.3 Å². The van der Waals surface area contributed by atoms with Crippen LogP contribution < -0.4 is 5.32 Å². The van der Waals surface area contributed by atoms with Crippen LogP contribution in [0.1, 0.15) is 10.4 Å². The molecule has 0 unspecified atom stereocenters. The molecule has 4 aromatic rings. The van der Waals surface area contributed by atoms with Gasteiger partial charge in [0.15, 0.2) is 5.82 Å². The number of carbonyl (C=O) groups excluding carboxylic acids is 1. The molecule has 0 atom stereocenters. The van der Waals surface area contributed by atoms with E-state index in [2.05, 4.69) is 25.5 Å². The van der Waals surface area contributed by atoms with Crippen LogP contribution in [-0.2, 0) is 0 Å². The van der Waals surface area contributed by atoms with Crippen LogP contribution in [0.4, 0.5) is 23.2 Å². The Morgan fingerprint density at radius 3 is 2.45 bits per heavy atom. The van der Waals surface area contributed by atoms with E-state index in [1.54, 1.807) is 0 Å². The number of aromatic nitrogens is 4. The number of anilines is 1. The third-order valence-corrected chi connectivity index (χ3v) is 4.11. The molecule has 0 radical (unpaired) electrons. The molecule has 4 rings (SSSR count). The highest BCUT2D eigenvalue weighted by atomic mass is 19.1. The number of halogens is 4. The Labute approximate surface area is 160 Å². The van der Waals surface area contributed by atoms with Gasteiger partial charge in [-0.3, -0.25) is 9.89 Å². The van der Waals surface area contributed by atoms with Gasteiger partial charge in [-0.05, 0) is 24.3 Å². The highest BCUT2D eigenvalue weighted by Gasteiger charge is 2.20. The van der Waals surface area contributed by atoms with Crippen molar-refractivity contribution in [3.8, 4) is 22.8 Å². The maximum atomic E-state index is 14.0. The first-order chi connectivity index (χ1) is 13.9. The number of hydrogen-bond donors (Lipinski definition) is 3. The van der Waals surface area contributed by atoms with Gasteiger partial charge in [0, 0.05) is 11.6 Å². The number of imidazole rings is 1. The van der Waals surface area contributed by atoms with Gasteiger partial charge in [-0.25, -0.2) is 22.5 Å². The van der Waals surface area contributed by atoms with Gasteiger partial charge in [-0.1, -0.05) is 6.07 Å². The molecule has 0 fully saturated rings. The molecule has 2 aromatic carbocycles. The van der Waals surface area contributed by atoms with Gasteiger partial charge in [0.05, 0.1) is 23.8 Å². The fraction of sp³-hybridized carbons (Fsp3) is 0. The zero-order chi connectivity index (χ0) is 20.5. The summed E-state index contributed by atoms with van der Waals surface area (Å²) >= 11 is 0. The average molecular weight is 401 g/mol. The minimum atomic E-state index is -1.01. The Morgan fingerprint density at radius 1 is 0.966 bits per heavy atom. The molecule has 1 amide bonds. The molecular formula is C19H11F4N5O. The van der Waals surface area contributed by atoms with Crippen LogP contribution in [0.15, 0.2) is 48.8 Å². The molecule has 0 saturated carbocycles. The fourth-order valence-electron chi connectivity index (χ4n) is 2.75. The Kier molecular flexibility index (Phi) is 4.59. The summed E-state index contributed by atoms with van der Waals surface area (Å²) in [7, 11) is 0. The minimum absolute atomic E-state index is 0.0867. The van der Waals surface area contributed by atoms with E-state index in [0.717, 1.165) is 30.3 Å². The number of nitrogens with one attached hydrogen (secondary N) is 3. The maximum absolute atomic E-state index is 14.0. The van der Waals surface area contributed by atoms with Crippen molar-refractivity contribution in [2.45, 2.75) is 0 Å². The van der Waals surface area contributed by atoms with Crippen molar-refractivity contribution >= 4 is 11.6 Å². The average Bonchev–Trinajstić information content (AvgIpc) is 3.31. The van der Waals surface area contributed by atoms with Crippen molar-refractivity contribution in [3.05, 3.63) is 77.6 Å². The second-order valence-corrected chi connectivity index (χ2v) is 5.98. The summed E-state index contributed by atoms with van der Waals surface area (Å²) in [6.45, 7) is 0. The van der Waals surface area contributed by atoms with Gasteiger partial charge >= 0.3 is 0 Å². The van der Waals surface area contributed by atoms with Gasteiger partial charge in [0.25, 0.3) is 5.91 Å². The Bertz CT molecular complexity index is 1200. The molecule has 2 heterocycles. The number of amides is 1. The Morgan fingerprint density at radius 2 is 1.72 bits per heavy atom. The van der Waals surface area contributed by atoms with Gasteiger partial charge in [-0.2, -0.15) is 5.10 Å². The van der Waals surface area contributed by atoms with Crippen molar-refractivity contribution in [3.63, 3.8) is 0 Å². The van der Waals surface area contributed by atoms with Crippen LogP contribution in [0.3, 0.4) is 0 Å². The van der Waals surface area contributed by atoms with E-state index < -0.39 is 34.7 Å². The predicted octanol–water partition coefficient (Wildman–Crippen LogP) is 4.28. The number of nitrogens with zero attached hydrogens (tertiary/aromatic N) is 2. The minimum Gasteiger partial charge on any atom is -0.337 e. The highest BCUT2D eigenvalue weighted by Crippen LogP contribution is 2.28. The predicted molar refractivity (Wildman–Crippen MR) is 95.8 cm³/mol. The van der Waals surface area contributed by atoms with E-state index in [1.165, 1.54) is 18.5 Å². The third kappa shape index (κ3) is 3.47. The van der Waals surface area contributed by atoms with E-state index in [-0.39, 0.29) is 28.5 Å². The summed E-state index contributed by atoms with van der Waals surface area (Å²) in [5.41, 5.74) is -0.108. The lowest BCUT2D eigenvalue weighted by Gasteiger charge is -2.06. The second kappa shape index (κ2) is 7.23. The quantitative estimate of drug-likeness (QED) is 0.446. The monoisotopic (exact) mass is 401 g/mol. The van der Waals surface area contributed by atoms with E-state index in [0.29, 0.717) is 0 Å². The summed E-state index contributed by atoms with van der Waals surface area (Å²) in [5, 5.41) is 8.75. The normalized spacial score (nSPS) is 10.9. The molecule has 0 spiro atoms. The van der Waals surface area contributed by atoms with Crippen LogP contribution in [0.25, 0.3) is 22.8 Å². The van der Waals surface area contributed by atoms with Crippen molar-refractivity contribution in [2.75, 3.05) is 5.32 Å². The number of aromatic amines is 2. The molecule has 0 bridgehead atoms. The van der Waals surface area contributed by atoms with Gasteiger partial charge < -0.3 is 10.3 Å². The molecule has 0 aliphatic rings. The molecule has 146 valence electrons. The topological polar surface area (TPSA) is 86.5 Å². The maximum Gasteiger partial charge on any atom is 0.261 e. The molecule has 0 aliphatic heterocycles. The summed E-state index contributed by atoms with van der Waals surface area (Å²) in [6.07, 6.45) is 2.54. The molecule has 29 heavy (non-hydrogen) atoms. The van der Waals surface area contributed by atoms with E-state index >= 15 is 0 Å². The summed E-state index contributed by atoms with van der Waals surface area (Å²) in [4.78, 5) is 19.2. The molecule has 0 aliphatic carbocycles. The van der Waals surface area contributed by atoms with Gasteiger partial charge in [0.2, 0.25) is 0 Å². The first-order valence-electron chi connectivity index (χ1n) is 8.23. The van der Waals surface area contributed by atoms with Crippen molar-refractivity contribution in [1.29, 1.82) is 0 Å². The number of rotatable bonds is 4. The summed E-state index contributed by atoms with van der Waals surface area (Å²) in [5.74, 6) is -4.37. The first kappa shape index (κ1) is 18.4. The first-order valence-corrected chi connectivity index (χ1v) is 8.23. The second-order valence-electron chi connectivity index (χ2n) is 5.98. The molecule has 6 nitrogen and oxygen atoms in total. The van der Waals surface area contributed by atoms with Crippen LogP contribution >= 0.6 is 0 Å². The standard InChI is InChI=1S/C19H11F4N5O/c20-9-4-5-10(13(23)6-9)14-7-24-18(26-14)17-15(8-25-28-17)27-19(29)16-11(21)2-1-3-12(16)22/h1-8H,(H,24,26)(H,25,28)(H,27,29).